The lowest BCUT2D eigenvalue weighted by Crippen LogP contribution is -2.13. The average molecular weight is 329 g/mol. The molecule has 0 aromatic heterocycles. The molecule has 2 aromatic carbocycles. The number of rotatable bonds is 8. The normalized spacial score (nSPS) is 12.1. The lowest BCUT2D eigenvalue weighted by molar-refractivity contribution is 0.1000. The first kappa shape index (κ1) is 18.2. The Morgan fingerprint density at radius 2 is 1.80 bits per heavy atom. The summed E-state index contributed by atoms with van der Waals surface area (Å²) in [6.07, 6.45) is 15.1. The third-order valence-electron chi connectivity index (χ3n) is 3.84. The third-order valence-corrected chi connectivity index (χ3v) is 3.84. The Labute approximate surface area is 149 Å². The van der Waals surface area contributed by atoms with E-state index in [1.165, 1.54) is 0 Å². The standard InChI is InChI=1S/C23H23NO/c1-3-5-6-7-8-9-14-19(12-4-2)22-20-15-11-10-13-18(20)16-17-21(22)23(24)25/h3-4,6-11,13-17H,1-2,5,12H2,(H2,24,25). The SMILES string of the molecule is C=CCC=CC=CC=C(CC=C)c1c(C(N)=O)ccc2ccccc12. The molecule has 1 amide bonds. The molecule has 0 aliphatic rings. The van der Waals surface area contributed by atoms with Gasteiger partial charge in [0, 0.05) is 5.56 Å². The number of carbonyl (C=O) groups excluding carboxylic acids is 1. The fourth-order valence-electron chi connectivity index (χ4n) is 2.72. The molecule has 0 saturated carbocycles. The van der Waals surface area contributed by atoms with Crippen molar-refractivity contribution in [1.82, 2.24) is 0 Å². The lowest BCUT2D eigenvalue weighted by atomic mass is 9.91. The summed E-state index contributed by atoms with van der Waals surface area (Å²) in [6.45, 7) is 7.53. The van der Waals surface area contributed by atoms with Crippen LogP contribution in [0.25, 0.3) is 16.3 Å². The van der Waals surface area contributed by atoms with Gasteiger partial charge in [-0.3, -0.25) is 4.79 Å². The Balaban J connectivity index is 2.56. The van der Waals surface area contributed by atoms with E-state index in [1.54, 1.807) is 6.07 Å². The van der Waals surface area contributed by atoms with Gasteiger partial charge in [-0.2, -0.15) is 0 Å². The lowest BCUT2D eigenvalue weighted by Gasteiger charge is -2.13. The van der Waals surface area contributed by atoms with Gasteiger partial charge >= 0.3 is 0 Å². The number of allylic oxidation sites excluding steroid dienone is 8. The van der Waals surface area contributed by atoms with Crippen LogP contribution in [0.3, 0.4) is 0 Å². The number of carbonyl (C=O) groups is 1. The van der Waals surface area contributed by atoms with Crippen LogP contribution < -0.4 is 5.73 Å². The summed E-state index contributed by atoms with van der Waals surface area (Å²) >= 11 is 0. The van der Waals surface area contributed by atoms with Crippen LogP contribution in [-0.4, -0.2) is 5.91 Å². The monoisotopic (exact) mass is 329 g/mol. The first-order valence-electron chi connectivity index (χ1n) is 8.25. The zero-order valence-electron chi connectivity index (χ0n) is 14.3. The molecule has 0 aliphatic carbocycles. The van der Waals surface area contributed by atoms with E-state index in [4.69, 9.17) is 5.73 Å². The Kier molecular flexibility index (Phi) is 6.73. The highest BCUT2D eigenvalue weighted by molar-refractivity contribution is 6.06. The van der Waals surface area contributed by atoms with Crippen molar-refractivity contribution >= 4 is 22.3 Å². The van der Waals surface area contributed by atoms with Gasteiger partial charge in [0.2, 0.25) is 5.91 Å². The highest BCUT2D eigenvalue weighted by Gasteiger charge is 2.14. The van der Waals surface area contributed by atoms with E-state index in [0.29, 0.717) is 12.0 Å². The van der Waals surface area contributed by atoms with Crippen LogP contribution in [0, 0.1) is 0 Å². The van der Waals surface area contributed by atoms with Crippen molar-refractivity contribution in [2.45, 2.75) is 12.8 Å². The molecule has 0 atom stereocenters. The maximum absolute atomic E-state index is 12.0. The minimum absolute atomic E-state index is 0.425. The van der Waals surface area contributed by atoms with Gasteiger partial charge in [0.1, 0.15) is 0 Å². The number of hydrogen-bond donors (Lipinski definition) is 1. The van der Waals surface area contributed by atoms with E-state index in [0.717, 1.165) is 28.3 Å². The number of primary amides is 1. The molecule has 2 aromatic rings. The topological polar surface area (TPSA) is 43.1 Å². The molecular formula is C23H23NO. The molecule has 25 heavy (non-hydrogen) atoms. The molecule has 126 valence electrons. The molecule has 0 unspecified atom stereocenters. The van der Waals surface area contributed by atoms with Gasteiger partial charge in [0.25, 0.3) is 0 Å². The smallest absolute Gasteiger partial charge is 0.249 e. The second-order valence-corrected chi connectivity index (χ2v) is 5.60. The quantitative estimate of drug-likeness (QED) is 0.498. The second kappa shape index (κ2) is 9.24. The van der Waals surface area contributed by atoms with Crippen LogP contribution in [0.4, 0.5) is 0 Å². The molecule has 0 saturated heterocycles. The predicted octanol–water partition coefficient (Wildman–Crippen LogP) is 5.59. The molecule has 0 aliphatic heterocycles. The largest absolute Gasteiger partial charge is 0.366 e. The molecule has 0 radical (unpaired) electrons. The van der Waals surface area contributed by atoms with E-state index in [2.05, 4.69) is 13.2 Å². The molecular weight excluding hydrogens is 306 g/mol. The Bertz CT molecular complexity index is 869. The minimum atomic E-state index is -0.425. The molecule has 0 spiro atoms. The van der Waals surface area contributed by atoms with Crippen molar-refractivity contribution in [3.8, 4) is 0 Å². The fraction of sp³-hybridized carbons (Fsp3) is 0.0870. The van der Waals surface area contributed by atoms with Gasteiger partial charge in [0.05, 0.1) is 0 Å². The first-order valence-corrected chi connectivity index (χ1v) is 8.25. The third kappa shape index (κ3) is 4.67. The van der Waals surface area contributed by atoms with Gasteiger partial charge < -0.3 is 5.73 Å². The Hall–Kier alpha value is -3.13. The van der Waals surface area contributed by atoms with Gasteiger partial charge in [-0.1, -0.05) is 72.9 Å². The van der Waals surface area contributed by atoms with Gasteiger partial charge in [-0.25, -0.2) is 0 Å². The molecule has 2 nitrogen and oxygen atoms in total. The van der Waals surface area contributed by atoms with Crippen LogP contribution in [-0.2, 0) is 0 Å². The average Bonchev–Trinajstić information content (AvgIpc) is 2.62. The second-order valence-electron chi connectivity index (χ2n) is 5.60. The summed E-state index contributed by atoms with van der Waals surface area (Å²) < 4.78 is 0. The maximum Gasteiger partial charge on any atom is 0.249 e. The van der Waals surface area contributed by atoms with E-state index < -0.39 is 5.91 Å². The highest BCUT2D eigenvalue weighted by atomic mass is 16.1. The highest BCUT2D eigenvalue weighted by Crippen LogP contribution is 2.31. The van der Waals surface area contributed by atoms with Crippen molar-refractivity contribution in [3.05, 3.63) is 103 Å². The summed E-state index contributed by atoms with van der Waals surface area (Å²) in [5.74, 6) is -0.425. The molecule has 2 rings (SSSR count). The fourth-order valence-corrected chi connectivity index (χ4v) is 2.72. The zero-order chi connectivity index (χ0) is 18.1. The predicted molar refractivity (Wildman–Crippen MR) is 108 cm³/mol. The Morgan fingerprint density at radius 1 is 1.00 bits per heavy atom. The summed E-state index contributed by atoms with van der Waals surface area (Å²) in [7, 11) is 0. The van der Waals surface area contributed by atoms with Gasteiger partial charge in [-0.15, -0.1) is 13.2 Å². The molecule has 2 N–H and O–H groups in total. The van der Waals surface area contributed by atoms with Crippen LogP contribution >= 0.6 is 0 Å². The number of hydrogen-bond acceptors (Lipinski definition) is 1. The van der Waals surface area contributed by atoms with Crippen LogP contribution in [0.2, 0.25) is 0 Å². The zero-order valence-corrected chi connectivity index (χ0v) is 14.3. The summed E-state index contributed by atoms with van der Waals surface area (Å²) in [4.78, 5) is 12.0. The van der Waals surface area contributed by atoms with Crippen molar-refractivity contribution in [3.63, 3.8) is 0 Å². The minimum Gasteiger partial charge on any atom is -0.366 e. The van der Waals surface area contributed by atoms with E-state index >= 15 is 0 Å². The number of nitrogens with two attached hydrogens (primary N) is 1. The summed E-state index contributed by atoms with van der Waals surface area (Å²) in [5, 5.41) is 2.09. The van der Waals surface area contributed by atoms with Crippen LogP contribution in [0.15, 0.2) is 92.1 Å². The van der Waals surface area contributed by atoms with Crippen molar-refractivity contribution < 1.29 is 4.79 Å². The van der Waals surface area contributed by atoms with Crippen molar-refractivity contribution in [1.29, 1.82) is 0 Å². The molecule has 0 heterocycles. The maximum atomic E-state index is 12.0. The number of benzene rings is 2. The van der Waals surface area contributed by atoms with E-state index in [1.807, 2.05) is 72.9 Å². The molecule has 0 fully saturated rings. The Morgan fingerprint density at radius 3 is 2.52 bits per heavy atom. The number of amides is 1. The van der Waals surface area contributed by atoms with Gasteiger partial charge in [-0.05, 0) is 40.8 Å². The van der Waals surface area contributed by atoms with Crippen molar-refractivity contribution in [2.24, 2.45) is 5.73 Å². The summed E-state index contributed by atoms with van der Waals surface area (Å²) in [6, 6.07) is 11.7. The molecule has 2 heteroatoms. The van der Waals surface area contributed by atoms with Crippen molar-refractivity contribution in [2.75, 3.05) is 0 Å². The van der Waals surface area contributed by atoms with E-state index in [9.17, 15) is 4.79 Å². The van der Waals surface area contributed by atoms with Crippen LogP contribution in [0.1, 0.15) is 28.8 Å². The van der Waals surface area contributed by atoms with Gasteiger partial charge in [0.15, 0.2) is 0 Å². The van der Waals surface area contributed by atoms with Crippen LogP contribution in [0.5, 0.6) is 0 Å². The summed E-state index contributed by atoms with van der Waals surface area (Å²) in [5.41, 5.74) is 8.04. The first-order chi connectivity index (χ1) is 12.2. The van der Waals surface area contributed by atoms with E-state index in [-0.39, 0.29) is 0 Å². The molecule has 0 bridgehead atoms. The number of fused-ring (bicyclic) bond motifs is 1.